The Balaban J connectivity index is 1.58. The zero-order valence-corrected chi connectivity index (χ0v) is 12.9. The second kappa shape index (κ2) is 6.79. The Labute approximate surface area is 131 Å². The number of morpholine rings is 1. The number of benzene rings is 1. The van der Waals surface area contributed by atoms with Crippen LogP contribution in [0.25, 0.3) is 11.3 Å². The van der Waals surface area contributed by atoms with Crippen molar-refractivity contribution >= 4 is 5.91 Å². The average molecular weight is 298 g/mol. The van der Waals surface area contributed by atoms with Gasteiger partial charge < -0.3 is 14.6 Å². The van der Waals surface area contributed by atoms with Gasteiger partial charge in [0.15, 0.2) is 0 Å². The average Bonchev–Trinajstić information content (AvgIpc) is 3.03. The molecule has 2 heterocycles. The van der Waals surface area contributed by atoms with Gasteiger partial charge in [-0.3, -0.25) is 4.79 Å². The van der Waals surface area contributed by atoms with Gasteiger partial charge in [-0.25, -0.2) is 0 Å². The fourth-order valence-electron chi connectivity index (χ4n) is 2.86. The number of rotatable bonds is 4. The summed E-state index contributed by atoms with van der Waals surface area (Å²) >= 11 is 0. The zero-order chi connectivity index (χ0) is 15.4. The molecule has 0 radical (unpaired) electrons. The van der Waals surface area contributed by atoms with Crippen LogP contribution < -0.4 is 0 Å². The first-order valence-corrected chi connectivity index (χ1v) is 7.84. The summed E-state index contributed by atoms with van der Waals surface area (Å²) in [6, 6.07) is 14.6. The number of amides is 1. The standard InChI is InChI=1S/C18H22N2O2/c1-14-13-22-12-11-20(14)18(21)10-8-16-7-9-17(19-16)15-5-3-2-4-6-15/h2-7,9,14,19H,8,10-13H2,1H3. The van der Waals surface area contributed by atoms with E-state index in [0.29, 0.717) is 26.2 Å². The number of nitrogens with zero attached hydrogens (tertiary/aromatic N) is 1. The van der Waals surface area contributed by atoms with E-state index in [1.54, 1.807) is 0 Å². The van der Waals surface area contributed by atoms with Crippen molar-refractivity contribution < 1.29 is 9.53 Å². The summed E-state index contributed by atoms with van der Waals surface area (Å²) < 4.78 is 5.38. The van der Waals surface area contributed by atoms with Crippen molar-refractivity contribution in [2.45, 2.75) is 25.8 Å². The Bertz CT molecular complexity index is 621. The summed E-state index contributed by atoms with van der Waals surface area (Å²) in [5.41, 5.74) is 3.37. The predicted molar refractivity (Wildman–Crippen MR) is 86.5 cm³/mol. The minimum Gasteiger partial charge on any atom is -0.377 e. The summed E-state index contributed by atoms with van der Waals surface area (Å²) in [7, 11) is 0. The molecular weight excluding hydrogens is 276 g/mol. The van der Waals surface area contributed by atoms with E-state index in [0.717, 1.165) is 17.8 Å². The van der Waals surface area contributed by atoms with Gasteiger partial charge in [0.25, 0.3) is 0 Å². The fraction of sp³-hybridized carbons (Fsp3) is 0.389. The summed E-state index contributed by atoms with van der Waals surface area (Å²) in [5.74, 6) is 0.215. The quantitative estimate of drug-likeness (QED) is 0.943. The Morgan fingerprint density at radius 3 is 2.86 bits per heavy atom. The number of carbonyl (C=O) groups is 1. The number of nitrogens with one attached hydrogen (secondary N) is 1. The molecule has 1 atom stereocenters. The molecule has 2 aromatic rings. The van der Waals surface area contributed by atoms with Gasteiger partial charge in [0, 0.05) is 24.4 Å². The van der Waals surface area contributed by atoms with Gasteiger partial charge in [-0.2, -0.15) is 0 Å². The van der Waals surface area contributed by atoms with E-state index in [2.05, 4.69) is 29.2 Å². The van der Waals surface area contributed by atoms with Gasteiger partial charge in [0.1, 0.15) is 0 Å². The van der Waals surface area contributed by atoms with E-state index in [4.69, 9.17) is 4.74 Å². The number of carbonyl (C=O) groups excluding carboxylic acids is 1. The van der Waals surface area contributed by atoms with Crippen molar-refractivity contribution in [1.82, 2.24) is 9.88 Å². The molecule has 4 heteroatoms. The molecule has 1 aliphatic heterocycles. The molecule has 4 nitrogen and oxygen atoms in total. The van der Waals surface area contributed by atoms with Crippen LogP contribution in [0.5, 0.6) is 0 Å². The van der Waals surface area contributed by atoms with Crippen LogP contribution in [0.2, 0.25) is 0 Å². The third-order valence-corrected chi connectivity index (χ3v) is 4.13. The maximum absolute atomic E-state index is 12.3. The van der Waals surface area contributed by atoms with Crippen molar-refractivity contribution in [2.24, 2.45) is 0 Å². The summed E-state index contributed by atoms with van der Waals surface area (Å²) in [6.45, 7) is 4.04. The van der Waals surface area contributed by atoms with Crippen LogP contribution in [0.4, 0.5) is 0 Å². The van der Waals surface area contributed by atoms with Gasteiger partial charge in [0.2, 0.25) is 5.91 Å². The number of hydrogen-bond acceptors (Lipinski definition) is 2. The Morgan fingerprint density at radius 2 is 2.09 bits per heavy atom. The minimum absolute atomic E-state index is 0.185. The third kappa shape index (κ3) is 3.39. The molecule has 1 fully saturated rings. The van der Waals surface area contributed by atoms with Gasteiger partial charge in [-0.1, -0.05) is 30.3 Å². The summed E-state index contributed by atoms with van der Waals surface area (Å²) in [4.78, 5) is 17.7. The molecule has 0 aliphatic carbocycles. The van der Waals surface area contributed by atoms with Crippen LogP contribution in [0, 0.1) is 0 Å². The van der Waals surface area contributed by atoms with Crippen LogP contribution in [-0.4, -0.2) is 41.6 Å². The highest BCUT2D eigenvalue weighted by Crippen LogP contribution is 2.19. The molecule has 0 bridgehead atoms. The highest BCUT2D eigenvalue weighted by atomic mass is 16.5. The second-order valence-electron chi connectivity index (χ2n) is 5.77. The topological polar surface area (TPSA) is 45.3 Å². The smallest absolute Gasteiger partial charge is 0.223 e. The van der Waals surface area contributed by atoms with Crippen LogP contribution in [-0.2, 0) is 16.0 Å². The lowest BCUT2D eigenvalue weighted by Crippen LogP contribution is -2.47. The largest absolute Gasteiger partial charge is 0.377 e. The molecule has 1 aliphatic rings. The number of aromatic nitrogens is 1. The van der Waals surface area contributed by atoms with E-state index in [1.807, 2.05) is 30.0 Å². The Kier molecular flexibility index (Phi) is 4.59. The van der Waals surface area contributed by atoms with Crippen LogP contribution >= 0.6 is 0 Å². The van der Waals surface area contributed by atoms with Crippen molar-refractivity contribution in [3.63, 3.8) is 0 Å². The maximum Gasteiger partial charge on any atom is 0.223 e. The Morgan fingerprint density at radius 1 is 1.27 bits per heavy atom. The van der Waals surface area contributed by atoms with Gasteiger partial charge in [-0.15, -0.1) is 0 Å². The lowest BCUT2D eigenvalue weighted by molar-refractivity contribution is -0.139. The molecule has 0 spiro atoms. The molecule has 1 saturated heterocycles. The first-order chi connectivity index (χ1) is 10.7. The minimum atomic E-state index is 0.185. The van der Waals surface area contributed by atoms with Crippen LogP contribution in [0.15, 0.2) is 42.5 Å². The van der Waals surface area contributed by atoms with Crippen LogP contribution in [0.3, 0.4) is 0 Å². The molecule has 116 valence electrons. The first kappa shape index (κ1) is 14.9. The van der Waals surface area contributed by atoms with Crippen LogP contribution in [0.1, 0.15) is 19.0 Å². The van der Waals surface area contributed by atoms with Crippen molar-refractivity contribution in [1.29, 1.82) is 0 Å². The normalized spacial score (nSPS) is 18.4. The molecule has 1 unspecified atom stereocenters. The third-order valence-electron chi connectivity index (χ3n) is 4.13. The molecule has 0 saturated carbocycles. The number of ether oxygens (including phenoxy) is 1. The molecule has 1 N–H and O–H groups in total. The lowest BCUT2D eigenvalue weighted by Gasteiger charge is -2.33. The fourth-order valence-corrected chi connectivity index (χ4v) is 2.86. The number of hydrogen-bond donors (Lipinski definition) is 1. The zero-order valence-electron chi connectivity index (χ0n) is 12.9. The maximum atomic E-state index is 12.3. The van der Waals surface area contributed by atoms with E-state index >= 15 is 0 Å². The van der Waals surface area contributed by atoms with Crippen molar-refractivity contribution in [3.05, 3.63) is 48.2 Å². The van der Waals surface area contributed by atoms with E-state index in [1.165, 1.54) is 5.56 Å². The van der Waals surface area contributed by atoms with Crippen molar-refractivity contribution in [2.75, 3.05) is 19.8 Å². The molecule has 1 aromatic heterocycles. The summed E-state index contributed by atoms with van der Waals surface area (Å²) in [5, 5.41) is 0. The van der Waals surface area contributed by atoms with E-state index < -0.39 is 0 Å². The van der Waals surface area contributed by atoms with Gasteiger partial charge in [-0.05, 0) is 31.0 Å². The number of H-pyrrole nitrogens is 1. The number of aromatic amines is 1. The second-order valence-corrected chi connectivity index (χ2v) is 5.77. The molecule has 3 rings (SSSR count). The SMILES string of the molecule is CC1COCCN1C(=O)CCc1ccc(-c2ccccc2)[nH]1. The molecular formula is C18H22N2O2. The van der Waals surface area contributed by atoms with E-state index in [9.17, 15) is 4.79 Å². The van der Waals surface area contributed by atoms with E-state index in [-0.39, 0.29) is 11.9 Å². The number of aryl methyl sites for hydroxylation is 1. The summed E-state index contributed by atoms with van der Waals surface area (Å²) in [6.07, 6.45) is 1.29. The van der Waals surface area contributed by atoms with Crippen molar-refractivity contribution in [3.8, 4) is 11.3 Å². The first-order valence-electron chi connectivity index (χ1n) is 7.84. The molecule has 1 aromatic carbocycles. The Hall–Kier alpha value is -2.07. The highest BCUT2D eigenvalue weighted by Gasteiger charge is 2.23. The molecule has 1 amide bonds. The van der Waals surface area contributed by atoms with Gasteiger partial charge >= 0.3 is 0 Å². The lowest BCUT2D eigenvalue weighted by atomic mass is 10.2. The monoisotopic (exact) mass is 298 g/mol. The predicted octanol–water partition coefficient (Wildman–Crippen LogP) is 2.86. The molecule has 22 heavy (non-hydrogen) atoms. The highest BCUT2D eigenvalue weighted by molar-refractivity contribution is 5.77. The van der Waals surface area contributed by atoms with Gasteiger partial charge in [0.05, 0.1) is 19.3 Å².